The van der Waals surface area contributed by atoms with Gasteiger partial charge in [-0.2, -0.15) is 0 Å². The maximum absolute atomic E-state index is 3.86. The maximum atomic E-state index is 3.86. The van der Waals surface area contributed by atoms with Crippen molar-refractivity contribution in [1.82, 2.24) is 9.80 Å². The Morgan fingerprint density at radius 3 is 1.05 bits per heavy atom. The molecule has 1 aliphatic carbocycles. The van der Waals surface area contributed by atoms with Gasteiger partial charge in [0.1, 0.15) is 0 Å². The van der Waals surface area contributed by atoms with Crippen LogP contribution in [0.1, 0.15) is 25.7 Å². The third-order valence-corrected chi connectivity index (χ3v) is 4.15. The summed E-state index contributed by atoms with van der Waals surface area (Å²) in [6.07, 6.45) is 13.0. The van der Waals surface area contributed by atoms with Crippen molar-refractivity contribution in [2.24, 2.45) is 0 Å². The lowest BCUT2D eigenvalue weighted by Gasteiger charge is -2.39. The lowest BCUT2D eigenvalue weighted by atomic mass is 9.89. The SMILES string of the molecule is C=CCN(CC=C)C1CCC(N(CC=C)CC=C)CC1. The van der Waals surface area contributed by atoms with E-state index in [2.05, 4.69) is 36.1 Å². The zero-order chi connectivity index (χ0) is 14.8. The van der Waals surface area contributed by atoms with Crippen LogP contribution < -0.4 is 0 Å². The third-order valence-electron chi connectivity index (χ3n) is 4.15. The molecule has 112 valence electrons. The van der Waals surface area contributed by atoms with Crippen molar-refractivity contribution >= 4 is 0 Å². The Bertz CT molecular complexity index is 261. The van der Waals surface area contributed by atoms with Crippen molar-refractivity contribution in [3.63, 3.8) is 0 Å². The molecule has 1 saturated carbocycles. The molecule has 0 bridgehead atoms. The summed E-state index contributed by atoms with van der Waals surface area (Å²) in [5, 5.41) is 0. The minimum atomic E-state index is 0.677. The topological polar surface area (TPSA) is 6.48 Å². The summed E-state index contributed by atoms with van der Waals surface area (Å²) >= 11 is 0. The van der Waals surface area contributed by atoms with E-state index < -0.39 is 0 Å². The van der Waals surface area contributed by atoms with Gasteiger partial charge in [0.2, 0.25) is 0 Å². The van der Waals surface area contributed by atoms with Gasteiger partial charge < -0.3 is 0 Å². The molecule has 0 aliphatic heterocycles. The Morgan fingerprint density at radius 1 is 0.600 bits per heavy atom. The van der Waals surface area contributed by atoms with Crippen molar-refractivity contribution in [3.05, 3.63) is 50.6 Å². The second kappa shape index (κ2) is 9.73. The molecule has 0 unspecified atom stereocenters. The standard InChI is InChI=1S/C18H30N2/c1-5-13-19(14-6-2)17-9-11-18(12-10-17)20(15-7-3)16-8-4/h5-8,17-18H,1-4,9-16H2. The van der Waals surface area contributed by atoms with Crippen molar-refractivity contribution in [2.45, 2.75) is 37.8 Å². The summed E-state index contributed by atoms with van der Waals surface area (Å²) < 4.78 is 0. The predicted octanol–water partition coefficient (Wildman–Crippen LogP) is 3.65. The van der Waals surface area contributed by atoms with Crippen LogP contribution in [0, 0.1) is 0 Å². The minimum absolute atomic E-state index is 0.677. The molecule has 0 amide bonds. The number of nitrogens with zero attached hydrogens (tertiary/aromatic N) is 2. The largest absolute Gasteiger partial charge is 0.293 e. The Balaban J connectivity index is 2.51. The summed E-state index contributed by atoms with van der Waals surface area (Å²) in [7, 11) is 0. The lowest BCUT2D eigenvalue weighted by Crippen LogP contribution is -2.44. The van der Waals surface area contributed by atoms with Crippen LogP contribution in [0.4, 0.5) is 0 Å². The highest BCUT2D eigenvalue weighted by Gasteiger charge is 2.27. The fraction of sp³-hybridized carbons (Fsp3) is 0.556. The van der Waals surface area contributed by atoms with Gasteiger partial charge in [0.05, 0.1) is 0 Å². The monoisotopic (exact) mass is 274 g/mol. The van der Waals surface area contributed by atoms with Gasteiger partial charge in [-0.1, -0.05) is 24.3 Å². The van der Waals surface area contributed by atoms with Gasteiger partial charge in [-0.3, -0.25) is 9.80 Å². The molecule has 0 N–H and O–H groups in total. The Labute approximate surface area is 125 Å². The second-order valence-corrected chi connectivity index (χ2v) is 5.52. The summed E-state index contributed by atoms with van der Waals surface area (Å²) in [5.74, 6) is 0. The second-order valence-electron chi connectivity index (χ2n) is 5.52. The quantitative estimate of drug-likeness (QED) is 0.561. The van der Waals surface area contributed by atoms with E-state index >= 15 is 0 Å². The van der Waals surface area contributed by atoms with Gasteiger partial charge in [0.15, 0.2) is 0 Å². The molecule has 0 aromatic heterocycles. The highest BCUT2D eigenvalue weighted by Crippen LogP contribution is 2.26. The van der Waals surface area contributed by atoms with E-state index in [9.17, 15) is 0 Å². The Hall–Kier alpha value is -1.12. The molecule has 0 aromatic rings. The van der Waals surface area contributed by atoms with E-state index in [4.69, 9.17) is 0 Å². The number of hydrogen-bond acceptors (Lipinski definition) is 2. The van der Waals surface area contributed by atoms with Crippen LogP contribution in [0.15, 0.2) is 50.6 Å². The number of hydrogen-bond donors (Lipinski definition) is 0. The zero-order valence-electron chi connectivity index (χ0n) is 12.8. The minimum Gasteiger partial charge on any atom is -0.293 e. The van der Waals surface area contributed by atoms with Crippen LogP contribution in [0.3, 0.4) is 0 Å². The van der Waals surface area contributed by atoms with Gasteiger partial charge in [-0.15, -0.1) is 26.3 Å². The summed E-state index contributed by atoms with van der Waals surface area (Å²) in [6, 6.07) is 1.35. The van der Waals surface area contributed by atoms with E-state index in [1.165, 1.54) is 25.7 Å². The molecule has 20 heavy (non-hydrogen) atoms. The molecule has 2 nitrogen and oxygen atoms in total. The van der Waals surface area contributed by atoms with E-state index in [-0.39, 0.29) is 0 Å². The average molecular weight is 274 g/mol. The van der Waals surface area contributed by atoms with Gasteiger partial charge in [0, 0.05) is 38.3 Å². The summed E-state index contributed by atoms with van der Waals surface area (Å²) in [5.41, 5.74) is 0. The first-order valence-electron chi connectivity index (χ1n) is 7.68. The predicted molar refractivity (Wildman–Crippen MR) is 90.0 cm³/mol. The van der Waals surface area contributed by atoms with Gasteiger partial charge in [-0.05, 0) is 25.7 Å². The van der Waals surface area contributed by atoms with Crippen LogP contribution in [-0.4, -0.2) is 48.1 Å². The van der Waals surface area contributed by atoms with Crippen LogP contribution in [-0.2, 0) is 0 Å². The van der Waals surface area contributed by atoms with Crippen LogP contribution in [0.2, 0.25) is 0 Å². The van der Waals surface area contributed by atoms with Crippen molar-refractivity contribution in [1.29, 1.82) is 0 Å². The molecular weight excluding hydrogens is 244 g/mol. The first kappa shape index (κ1) is 16.9. The van der Waals surface area contributed by atoms with Crippen molar-refractivity contribution < 1.29 is 0 Å². The third kappa shape index (κ3) is 5.10. The molecule has 0 saturated heterocycles. The van der Waals surface area contributed by atoms with Crippen molar-refractivity contribution in [2.75, 3.05) is 26.2 Å². The normalized spacial score (nSPS) is 22.7. The van der Waals surface area contributed by atoms with Crippen molar-refractivity contribution in [3.8, 4) is 0 Å². The molecule has 0 spiro atoms. The van der Waals surface area contributed by atoms with E-state index in [1.54, 1.807) is 0 Å². The Morgan fingerprint density at radius 2 is 0.850 bits per heavy atom. The molecule has 0 atom stereocenters. The average Bonchev–Trinajstić information content (AvgIpc) is 2.47. The smallest absolute Gasteiger partial charge is 0.0166 e. The molecule has 1 rings (SSSR count). The molecular formula is C18H30N2. The van der Waals surface area contributed by atoms with Gasteiger partial charge in [-0.25, -0.2) is 0 Å². The maximum Gasteiger partial charge on any atom is 0.0166 e. The van der Waals surface area contributed by atoms with E-state index in [1.807, 2.05) is 24.3 Å². The highest BCUT2D eigenvalue weighted by atomic mass is 15.2. The molecule has 0 heterocycles. The first-order chi connectivity index (χ1) is 9.76. The molecule has 0 aromatic carbocycles. The first-order valence-corrected chi connectivity index (χ1v) is 7.68. The highest BCUT2D eigenvalue weighted by molar-refractivity contribution is 4.92. The van der Waals surface area contributed by atoms with Crippen LogP contribution in [0.5, 0.6) is 0 Å². The summed E-state index contributed by atoms with van der Waals surface area (Å²) in [4.78, 5) is 4.98. The van der Waals surface area contributed by atoms with Crippen LogP contribution >= 0.6 is 0 Å². The fourth-order valence-electron chi connectivity index (χ4n) is 3.20. The fourth-order valence-corrected chi connectivity index (χ4v) is 3.20. The summed E-state index contributed by atoms with van der Waals surface area (Å²) in [6.45, 7) is 19.3. The molecule has 0 radical (unpaired) electrons. The number of rotatable bonds is 10. The Kier molecular flexibility index (Phi) is 8.24. The molecule has 2 heteroatoms. The zero-order valence-corrected chi connectivity index (χ0v) is 12.8. The van der Waals surface area contributed by atoms with Gasteiger partial charge >= 0.3 is 0 Å². The lowest BCUT2D eigenvalue weighted by molar-refractivity contribution is 0.121. The molecule has 1 aliphatic rings. The molecule has 1 fully saturated rings. The van der Waals surface area contributed by atoms with E-state index in [0.717, 1.165) is 26.2 Å². The van der Waals surface area contributed by atoms with Crippen LogP contribution in [0.25, 0.3) is 0 Å². The van der Waals surface area contributed by atoms with Gasteiger partial charge in [0.25, 0.3) is 0 Å². The van der Waals surface area contributed by atoms with E-state index in [0.29, 0.717) is 12.1 Å².